The van der Waals surface area contributed by atoms with Crippen LogP contribution in [0.3, 0.4) is 0 Å². The predicted octanol–water partition coefficient (Wildman–Crippen LogP) is 2.75. The summed E-state index contributed by atoms with van der Waals surface area (Å²) in [5.41, 5.74) is 1.93. The highest BCUT2D eigenvalue weighted by atomic mass is 32.2. The number of rotatable bonds is 7. The van der Waals surface area contributed by atoms with E-state index in [0.717, 1.165) is 16.9 Å². The first-order chi connectivity index (χ1) is 11.7. The summed E-state index contributed by atoms with van der Waals surface area (Å²) in [6.07, 6.45) is 0.0497. The molecule has 6 nitrogen and oxygen atoms in total. The monoisotopic (exact) mass is 364 g/mol. The highest BCUT2D eigenvalue weighted by Gasteiger charge is 2.16. The van der Waals surface area contributed by atoms with Gasteiger partial charge in [0, 0.05) is 13.0 Å². The van der Waals surface area contributed by atoms with E-state index in [-0.39, 0.29) is 29.8 Å². The van der Waals surface area contributed by atoms with Gasteiger partial charge in [-0.15, -0.1) is 0 Å². The molecule has 1 heterocycles. The van der Waals surface area contributed by atoms with E-state index in [1.165, 1.54) is 0 Å². The van der Waals surface area contributed by atoms with Crippen LogP contribution in [0.4, 0.5) is 0 Å². The average Bonchev–Trinajstić information content (AvgIpc) is 2.96. The maximum atomic E-state index is 12.3. The number of hydrogen-bond acceptors (Lipinski definition) is 4. The van der Waals surface area contributed by atoms with Gasteiger partial charge in [0.1, 0.15) is 11.5 Å². The quantitative estimate of drug-likeness (QED) is 0.791. The maximum Gasteiger partial charge on any atom is 0.240 e. The van der Waals surface area contributed by atoms with Gasteiger partial charge in [-0.3, -0.25) is 4.79 Å². The van der Waals surface area contributed by atoms with Crippen LogP contribution in [-0.4, -0.2) is 20.9 Å². The molecule has 2 rings (SSSR count). The van der Waals surface area contributed by atoms with E-state index in [9.17, 15) is 13.2 Å². The minimum Gasteiger partial charge on any atom is -0.464 e. The number of hydrogen-bond donors (Lipinski definition) is 2. The lowest BCUT2D eigenvalue weighted by molar-refractivity contribution is -0.121. The van der Waals surface area contributed by atoms with Crippen LogP contribution in [0.2, 0.25) is 0 Å². The molecule has 2 aromatic rings. The fourth-order valence-electron chi connectivity index (χ4n) is 2.33. The van der Waals surface area contributed by atoms with Crippen LogP contribution >= 0.6 is 0 Å². The van der Waals surface area contributed by atoms with Gasteiger partial charge in [-0.2, -0.15) is 0 Å². The largest absolute Gasteiger partial charge is 0.464 e. The molecule has 0 spiro atoms. The second-order valence-electron chi connectivity index (χ2n) is 6.13. The van der Waals surface area contributed by atoms with Crippen molar-refractivity contribution in [1.82, 2.24) is 10.0 Å². The Morgan fingerprint density at radius 1 is 1.12 bits per heavy atom. The van der Waals surface area contributed by atoms with Crippen LogP contribution in [-0.2, 0) is 14.8 Å². The normalized spacial score (nSPS) is 12.8. The number of aryl methyl sites for hydroxylation is 3. The minimum atomic E-state index is -3.62. The molecule has 1 amide bonds. The van der Waals surface area contributed by atoms with Crippen LogP contribution in [0.5, 0.6) is 0 Å². The summed E-state index contributed by atoms with van der Waals surface area (Å²) in [5.74, 6) is 1.20. The summed E-state index contributed by atoms with van der Waals surface area (Å²) in [7, 11) is -3.62. The smallest absolute Gasteiger partial charge is 0.240 e. The number of benzene rings is 1. The first-order valence-electron chi connectivity index (χ1n) is 8.11. The molecule has 7 heteroatoms. The molecule has 0 bridgehead atoms. The molecule has 1 atom stereocenters. The van der Waals surface area contributed by atoms with Crippen molar-refractivity contribution in [2.24, 2.45) is 0 Å². The number of furan rings is 1. The van der Waals surface area contributed by atoms with Crippen molar-refractivity contribution in [2.75, 3.05) is 6.54 Å². The Bertz CT molecular complexity index is 856. The van der Waals surface area contributed by atoms with Crippen molar-refractivity contribution in [3.63, 3.8) is 0 Å². The summed E-state index contributed by atoms with van der Waals surface area (Å²) in [4.78, 5) is 12.2. The number of nitrogens with one attached hydrogen (secondary N) is 2. The fraction of sp³-hybridized carbons (Fsp3) is 0.389. The number of carbonyl (C=O) groups excluding carboxylic acids is 1. The van der Waals surface area contributed by atoms with Gasteiger partial charge < -0.3 is 9.73 Å². The Labute approximate surface area is 148 Å². The molecule has 0 aliphatic carbocycles. The molecule has 1 aromatic heterocycles. The molecule has 0 radical (unpaired) electrons. The van der Waals surface area contributed by atoms with E-state index in [1.54, 1.807) is 18.2 Å². The number of amides is 1. The van der Waals surface area contributed by atoms with Crippen LogP contribution in [0.25, 0.3) is 0 Å². The van der Waals surface area contributed by atoms with Crippen molar-refractivity contribution in [3.8, 4) is 0 Å². The van der Waals surface area contributed by atoms with Crippen LogP contribution in [0.15, 0.2) is 39.6 Å². The van der Waals surface area contributed by atoms with Crippen molar-refractivity contribution < 1.29 is 17.6 Å². The lowest BCUT2D eigenvalue weighted by Gasteiger charge is -2.12. The highest BCUT2D eigenvalue weighted by molar-refractivity contribution is 7.89. The first kappa shape index (κ1) is 19.2. The molecule has 0 aliphatic heterocycles. The maximum absolute atomic E-state index is 12.3. The predicted molar refractivity (Wildman–Crippen MR) is 95.7 cm³/mol. The second-order valence-corrected chi connectivity index (χ2v) is 7.90. The fourth-order valence-corrected chi connectivity index (χ4v) is 3.45. The Hall–Kier alpha value is -2.12. The van der Waals surface area contributed by atoms with Crippen LogP contribution < -0.4 is 10.0 Å². The summed E-state index contributed by atoms with van der Waals surface area (Å²) in [5, 5.41) is 2.78. The van der Waals surface area contributed by atoms with E-state index in [2.05, 4.69) is 10.0 Å². The third-order valence-electron chi connectivity index (χ3n) is 4.00. The molecule has 2 N–H and O–H groups in total. The van der Waals surface area contributed by atoms with Gasteiger partial charge in [-0.05, 0) is 63.1 Å². The molecule has 0 fully saturated rings. The average molecular weight is 364 g/mol. The Balaban J connectivity index is 1.86. The molecule has 25 heavy (non-hydrogen) atoms. The van der Waals surface area contributed by atoms with Gasteiger partial charge in [-0.25, -0.2) is 13.1 Å². The molecule has 0 saturated heterocycles. The highest BCUT2D eigenvalue weighted by Crippen LogP contribution is 2.16. The Kier molecular flexibility index (Phi) is 6.02. The van der Waals surface area contributed by atoms with E-state index >= 15 is 0 Å². The Morgan fingerprint density at radius 2 is 1.84 bits per heavy atom. The topological polar surface area (TPSA) is 88.4 Å². The zero-order valence-corrected chi connectivity index (χ0v) is 15.7. The van der Waals surface area contributed by atoms with Crippen LogP contribution in [0, 0.1) is 20.8 Å². The first-order valence-corrected chi connectivity index (χ1v) is 9.60. The van der Waals surface area contributed by atoms with E-state index in [4.69, 9.17) is 4.42 Å². The number of carbonyl (C=O) groups is 1. The van der Waals surface area contributed by atoms with Gasteiger partial charge in [0.15, 0.2) is 0 Å². The van der Waals surface area contributed by atoms with Gasteiger partial charge in [0.2, 0.25) is 15.9 Å². The standard InChI is InChI=1S/C18H24N2O4S/c1-12-5-7-16(11-13(12)2)25(22,23)19-10-9-18(21)20-15(4)17-8-6-14(3)24-17/h5-8,11,15,19H,9-10H2,1-4H3,(H,20,21). The van der Waals surface area contributed by atoms with Gasteiger partial charge in [0.05, 0.1) is 10.9 Å². The van der Waals surface area contributed by atoms with Gasteiger partial charge in [-0.1, -0.05) is 6.07 Å². The summed E-state index contributed by atoms with van der Waals surface area (Å²) < 4.78 is 32.4. The summed E-state index contributed by atoms with van der Waals surface area (Å²) in [6.45, 7) is 7.46. The van der Waals surface area contributed by atoms with Crippen molar-refractivity contribution in [3.05, 3.63) is 53.0 Å². The summed E-state index contributed by atoms with van der Waals surface area (Å²) in [6, 6.07) is 8.32. The van der Waals surface area contributed by atoms with Crippen molar-refractivity contribution >= 4 is 15.9 Å². The van der Waals surface area contributed by atoms with Gasteiger partial charge >= 0.3 is 0 Å². The SMILES string of the molecule is Cc1ccc(C(C)NC(=O)CCNS(=O)(=O)c2ccc(C)c(C)c2)o1. The molecule has 1 aromatic carbocycles. The van der Waals surface area contributed by atoms with E-state index in [1.807, 2.05) is 39.8 Å². The molecular formula is C18H24N2O4S. The van der Waals surface area contributed by atoms with Crippen molar-refractivity contribution in [1.29, 1.82) is 0 Å². The molecule has 0 saturated carbocycles. The zero-order valence-electron chi connectivity index (χ0n) is 14.9. The lowest BCUT2D eigenvalue weighted by Crippen LogP contribution is -2.32. The third kappa shape index (κ3) is 5.17. The van der Waals surface area contributed by atoms with Gasteiger partial charge in [0.25, 0.3) is 0 Å². The van der Waals surface area contributed by atoms with Crippen molar-refractivity contribution in [2.45, 2.75) is 45.1 Å². The molecule has 136 valence electrons. The molecular weight excluding hydrogens is 340 g/mol. The summed E-state index contributed by atoms with van der Waals surface area (Å²) >= 11 is 0. The van der Waals surface area contributed by atoms with E-state index < -0.39 is 10.0 Å². The second kappa shape index (κ2) is 7.84. The molecule has 1 unspecified atom stereocenters. The number of sulfonamides is 1. The Morgan fingerprint density at radius 3 is 2.44 bits per heavy atom. The van der Waals surface area contributed by atoms with Crippen LogP contribution in [0.1, 0.15) is 42.0 Å². The third-order valence-corrected chi connectivity index (χ3v) is 5.46. The zero-order chi connectivity index (χ0) is 18.6. The minimum absolute atomic E-state index is 0.0327. The van der Waals surface area contributed by atoms with E-state index in [0.29, 0.717) is 5.76 Å². The molecule has 0 aliphatic rings. The lowest BCUT2D eigenvalue weighted by atomic mass is 10.1.